The lowest BCUT2D eigenvalue weighted by molar-refractivity contribution is -0.179. The first-order valence-corrected chi connectivity index (χ1v) is 9.80. The fourth-order valence-electron chi connectivity index (χ4n) is 5.65. The molecule has 1 N–H and O–H groups in total. The molecule has 4 aliphatic rings. The average Bonchev–Trinajstić information content (AvgIpc) is 2.50. The molecule has 1 aromatic carbocycles. The third-order valence-electron chi connectivity index (χ3n) is 6.42. The van der Waals surface area contributed by atoms with Crippen molar-refractivity contribution >= 4 is 17.6 Å². The summed E-state index contributed by atoms with van der Waals surface area (Å²) in [6, 6.07) is 5.26. The first-order valence-electron chi connectivity index (χ1n) is 9.42. The third kappa shape index (κ3) is 2.90. The molecule has 0 saturated heterocycles. The Morgan fingerprint density at radius 3 is 2.16 bits per heavy atom. The number of carbonyl (C=O) groups excluding carboxylic acids is 1. The van der Waals surface area contributed by atoms with Crippen molar-refractivity contribution in [3.63, 3.8) is 0 Å². The molecule has 3 nitrogen and oxygen atoms in total. The highest BCUT2D eigenvalue weighted by molar-refractivity contribution is 6.31. The van der Waals surface area contributed by atoms with Crippen molar-refractivity contribution in [3.05, 3.63) is 34.3 Å². The predicted molar refractivity (Wildman–Crippen MR) is 97.6 cm³/mol. The van der Waals surface area contributed by atoms with Crippen molar-refractivity contribution in [1.82, 2.24) is 0 Å². The number of carbonyl (C=O) groups is 1. The van der Waals surface area contributed by atoms with Crippen LogP contribution in [0, 0.1) is 23.7 Å². The van der Waals surface area contributed by atoms with Gasteiger partial charge in [-0.2, -0.15) is 0 Å². The van der Waals surface area contributed by atoms with Gasteiger partial charge in [0, 0.05) is 10.6 Å². The number of esters is 1. The number of hydrogen-bond donors (Lipinski definition) is 1. The van der Waals surface area contributed by atoms with Gasteiger partial charge in [-0.15, -0.1) is 0 Å². The molecule has 0 radical (unpaired) electrons. The van der Waals surface area contributed by atoms with Crippen LogP contribution in [0.3, 0.4) is 0 Å². The Kier molecular flexibility index (Phi) is 3.97. The van der Waals surface area contributed by atoms with E-state index in [9.17, 15) is 9.90 Å². The summed E-state index contributed by atoms with van der Waals surface area (Å²) in [5.74, 6) is 1.78. The fraction of sp³-hybridized carbons (Fsp3) is 0.667. The van der Waals surface area contributed by atoms with Crippen LogP contribution >= 0.6 is 11.6 Å². The van der Waals surface area contributed by atoms with Gasteiger partial charge < -0.3 is 9.84 Å². The Morgan fingerprint density at radius 2 is 1.68 bits per heavy atom. The van der Waals surface area contributed by atoms with Gasteiger partial charge in [0.1, 0.15) is 5.60 Å². The van der Waals surface area contributed by atoms with E-state index in [4.69, 9.17) is 16.3 Å². The van der Waals surface area contributed by atoms with Gasteiger partial charge in [-0.3, -0.25) is 0 Å². The normalized spacial score (nSPS) is 36.5. The van der Waals surface area contributed by atoms with E-state index >= 15 is 0 Å². The van der Waals surface area contributed by atoms with Crippen LogP contribution in [0.1, 0.15) is 68.8 Å². The zero-order valence-electron chi connectivity index (χ0n) is 15.2. The molecule has 4 saturated carbocycles. The zero-order chi connectivity index (χ0) is 18.0. The van der Waals surface area contributed by atoms with Crippen LogP contribution in [0.15, 0.2) is 18.2 Å². The maximum atomic E-state index is 12.3. The summed E-state index contributed by atoms with van der Waals surface area (Å²) in [4.78, 5) is 12.3. The lowest BCUT2D eigenvalue weighted by Crippen LogP contribution is -2.55. The minimum absolute atomic E-state index is 0.300. The van der Waals surface area contributed by atoms with Crippen molar-refractivity contribution in [2.24, 2.45) is 23.7 Å². The molecule has 136 valence electrons. The number of benzene rings is 1. The van der Waals surface area contributed by atoms with E-state index in [-0.39, 0.29) is 5.97 Å². The lowest BCUT2D eigenvalue weighted by atomic mass is 9.48. The second kappa shape index (κ2) is 5.72. The number of rotatable bonds is 2. The molecular formula is C21H27ClO3. The Bertz CT molecular complexity index is 676. The molecule has 25 heavy (non-hydrogen) atoms. The standard InChI is InChI=1S/C21H27ClO3/c1-20(2,3)25-19(23)14-4-5-17(18(22)11-14)21(24)15-7-12-6-13(9-15)10-16(21)8-12/h4-5,11-13,15-16,24H,6-10H2,1-3H3. The van der Waals surface area contributed by atoms with E-state index in [1.807, 2.05) is 26.8 Å². The minimum Gasteiger partial charge on any atom is -0.456 e. The summed E-state index contributed by atoms with van der Waals surface area (Å²) in [5.41, 5.74) is -0.134. The van der Waals surface area contributed by atoms with E-state index in [1.54, 1.807) is 12.1 Å². The van der Waals surface area contributed by atoms with Crippen LogP contribution in [0.4, 0.5) is 0 Å². The molecule has 4 aliphatic carbocycles. The van der Waals surface area contributed by atoms with Crippen molar-refractivity contribution in [1.29, 1.82) is 0 Å². The van der Waals surface area contributed by atoms with Crippen LogP contribution in [-0.4, -0.2) is 16.7 Å². The van der Waals surface area contributed by atoms with Crippen molar-refractivity contribution in [3.8, 4) is 0 Å². The second-order valence-corrected chi connectivity index (χ2v) is 9.73. The van der Waals surface area contributed by atoms with Gasteiger partial charge >= 0.3 is 5.97 Å². The average molecular weight is 363 g/mol. The van der Waals surface area contributed by atoms with Gasteiger partial charge in [-0.05, 0) is 88.7 Å². The van der Waals surface area contributed by atoms with Crippen molar-refractivity contribution in [2.45, 2.75) is 64.1 Å². The lowest BCUT2D eigenvalue weighted by Gasteiger charge is -2.59. The van der Waals surface area contributed by atoms with E-state index < -0.39 is 11.2 Å². The minimum atomic E-state index is -0.836. The summed E-state index contributed by atoms with van der Waals surface area (Å²) in [6.07, 6.45) is 5.76. The van der Waals surface area contributed by atoms with E-state index in [0.717, 1.165) is 43.1 Å². The van der Waals surface area contributed by atoms with Gasteiger partial charge in [-0.1, -0.05) is 17.7 Å². The van der Waals surface area contributed by atoms with Gasteiger partial charge in [0.15, 0.2) is 0 Å². The quantitative estimate of drug-likeness (QED) is 0.758. The van der Waals surface area contributed by atoms with Crippen molar-refractivity contribution < 1.29 is 14.6 Å². The second-order valence-electron chi connectivity index (χ2n) is 9.33. The third-order valence-corrected chi connectivity index (χ3v) is 6.73. The maximum absolute atomic E-state index is 12.3. The first kappa shape index (κ1) is 17.4. The first-order chi connectivity index (χ1) is 11.7. The molecule has 0 aromatic heterocycles. The summed E-state index contributed by atoms with van der Waals surface area (Å²) >= 11 is 6.56. The maximum Gasteiger partial charge on any atom is 0.338 e. The molecule has 0 unspecified atom stereocenters. The highest BCUT2D eigenvalue weighted by Crippen LogP contribution is 2.62. The molecule has 4 bridgehead atoms. The van der Waals surface area contributed by atoms with Gasteiger partial charge in [0.25, 0.3) is 0 Å². The molecule has 0 heterocycles. The summed E-state index contributed by atoms with van der Waals surface area (Å²) in [6.45, 7) is 5.54. The van der Waals surface area contributed by atoms with Gasteiger partial charge in [0.05, 0.1) is 11.2 Å². The highest BCUT2D eigenvalue weighted by atomic mass is 35.5. The Labute approximate surface area is 154 Å². The number of halogens is 1. The molecule has 4 fully saturated rings. The summed E-state index contributed by atoms with van der Waals surface area (Å²) in [5, 5.41) is 12.1. The Morgan fingerprint density at radius 1 is 1.12 bits per heavy atom. The predicted octanol–water partition coefficient (Wildman–Crippen LogP) is 4.94. The molecule has 5 rings (SSSR count). The van der Waals surface area contributed by atoms with E-state index in [0.29, 0.717) is 22.4 Å². The monoisotopic (exact) mass is 362 g/mol. The van der Waals surface area contributed by atoms with Crippen LogP contribution in [0.25, 0.3) is 0 Å². The zero-order valence-corrected chi connectivity index (χ0v) is 16.0. The fourth-order valence-corrected chi connectivity index (χ4v) is 5.98. The molecule has 0 spiro atoms. The van der Waals surface area contributed by atoms with Crippen LogP contribution in [0.2, 0.25) is 5.02 Å². The number of hydrogen-bond acceptors (Lipinski definition) is 3. The number of aliphatic hydroxyl groups is 1. The Hall–Kier alpha value is -1.06. The van der Waals surface area contributed by atoms with Crippen LogP contribution in [0.5, 0.6) is 0 Å². The smallest absolute Gasteiger partial charge is 0.338 e. The summed E-state index contributed by atoms with van der Waals surface area (Å²) in [7, 11) is 0. The molecule has 0 amide bonds. The topological polar surface area (TPSA) is 46.5 Å². The van der Waals surface area contributed by atoms with Gasteiger partial charge in [-0.25, -0.2) is 4.79 Å². The highest BCUT2D eigenvalue weighted by Gasteiger charge is 2.57. The van der Waals surface area contributed by atoms with E-state index in [2.05, 4.69) is 0 Å². The van der Waals surface area contributed by atoms with Gasteiger partial charge in [0.2, 0.25) is 0 Å². The Balaban J connectivity index is 1.64. The van der Waals surface area contributed by atoms with E-state index in [1.165, 1.54) is 6.42 Å². The molecule has 1 aromatic rings. The van der Waals surface area contributed by atoms with Crippen LogP contribution < -0.4 is 0 Å². The molecule has 4 heteroatoms. The SMILES string of the molecule is CC(C)(C)OC(=O)c1ccc(C2(O)C3CC4CC(C3)CC2C4)c(Cl)c1. The largest absolute Gasteiger partial charge is 0.456 e. The van der Waals surface area contributed by atoms with Crippen molar-refractivity contribution in [2.75, 3.05) is 0 Å². The summed E-state index contributed by atoms with van der Waals surface area (Å²) < 4.78 is 5.42. The molecular weight excluding hydrogens is 336 g/mol. The number of ether oxygens (including phenoxy) is 1. The molecule has 0 aliphatic heterocycles. The van der Waals surface area contributed by atoms with Crippen LogP contribution in [-0.2, 0) is 10.3 Å². The molecule has 0 atom stereocenters.